The summed E-state index contributed by atoms with van der Waals surface area (Å²) in [7, 11) is 0. The Bertz CT molecular complexity index is 403. The average Bonchev–Trinajstić information content (AvgIpc) is 2.60. The van der Waals surface area contributed by atoms with Gasteiger partial charge in [-0.05, 0) is 52.9 Å². The van der Waals surface area contributed by atoms with Crippen molar-refractivity contribution in [3.8, 4) is 0 Å². The van der Waals surface area contributed by atoms with E-state index in [4.69, 9.17) is 9.47 Å². The van der Waals surface area contributed by atoms with Crippen molar-refractivity contribution >= 4 is 11.9 Å². The molecule has 0 aromatic heterocycles. The zero-order valence-electron chi connectivity index (χ0n) is 19.4. The number of carbonyl (C=O) groups excluding carboxylic acids is 2. The molecule has 28 heavy (non-hydrogen) atoms. The molecule has 0 aliphatic heterocycles. The molecule has 166 valence electrons. The molecule has 0 aliphatic carbocycles. The molecule has 0 saturated heterocycles. The predicted molar refractivity (Wildman–Crippen MR) is 116 cm³/mol. The van der Waals surface area contributed by atoms with E-state index in [1.165, 1.54) is 38.5 Å². The van der Waals surface area contributed by atoms with Gasteiger partial charge in [-0.2, -0.15) is 0 Å². The minimum atomic E-state index is -0.0665. The number of hydrogen-bond acceptors (Lipinski definition) is 4. The first-order valence-electron chi connectivity index (χ1n) is 11.7. The van der Waals surface area contributed by atoms with Crippen molar-refractivity contribution in [2.45, 2.75) is 131 Å². The van der Waals surface area contributed by atoms with Crippen molar-refractivity contribution in [2.24, 2.45) is 11.8 Å². The summed E-state index contributed by atoms with van der Waals surface area (Å²) < 4.78 is 10.6. The molecular weight excluding hydrogens is 352 g/mol. The zero-order chi connectivity index (χ0) is 21.4. The molecule has 0 amide bonds. The second-order valence-electron chi connectivity index (χ2n) is 8.57. The van der Waals surface area contributed by atoms with Gasteiger partial charge >= 0.3 is 11.9 Å². The van der Waals surface area contributed by atoms with Crippen molar-refractivity contribution in [1.29, 1.82) is 0 Å². The third-order valence-corrected chi connectivity index (χ3v) is 5.26. The van der Waals surface area contributed by atoms with Crippen molar-refractivity contribution in [2.75, 3.05) is 0 Å². The Kier molecular flexibility index (Phi) is 16.2. The number of hydrogen-bond donors (Lipinski definition) is 0. The quantitative estimate of drug-likeness (QED) is 0.199. The molecule has 0 N–H and O–H groups in total. The normalized spacial score (nSPS) is 13.6. The third-order valence-electron chi connectivity index (χ3n) is 5.26. The minimum absolute atomic E-state index is 0.00624. The van der Waals surface area contributed by atoms with E-state index in [9.17, 15) is 9.59 Å². The maximum Gasteiger partial charge on any atom is 0.309 e. The van der Waals surface area contributed by atoms with Crippen LogP contribution < -0.4 is 0 Å². The van der Waals surface area contributed by atoms with Crippen LogP contribution in [0.4, 0.5) is 0 Å². The number of esters is 2. The van der Waals surface area contributed by atoms with Gasteiger partial charge in [-0.3, -0.25) is 9.59 Å². The molecule has 4 heteroatoms. The lowest BCUT2D eigenvalue weighted by molar-refractivity contribution is -0.155. The van der Waals surface area contributed by atoms with Gasteiger partial charge in [-0.25, -0.2) is 0 Å². The van der Waals surface area contributed by atoms with Gasteiger partial charge in [0.2, 0.25) is 0 Å². The van der Waals surface area contributed by atoms with Gasteiger partial charge in [-0.15, -0.1) is 0 Å². The molecule has 0 aromatic carbocycles. The van der Waals surface area contributed by atoms with E-state index in [0.717, 1.165) is 32.1 Å². The molecule has 0 aromatic rings. The summed E-state index contributed by atoms with van der Waals surface area (Å²) in [6, 6.07) is 0. The van der Waals surface area contributed by atoms with Crippen LogP contribution >= 0.6 is 0 Å². The molecule has 0 radical (unpaired) electrons. The Morgan fingerprint density at radius 1 is 0.679 bits per heavy atom. The maximum absolute atomic E-state index is 12.3. The molecule has 2 atom stereocenters. The van der Waals surface area contributed by atoms with E-state index in [2.05, 4.69) is 13.8 Å². The molecule has 0 heterocycles. The van der Waals surface area contributed by atoms with Crippen LogP contribution in [0, 0.1) is 11.8 Å². The summed E-state index contributed by atoms with van der Waals surface area (Å²) in [4.78, 5) is 23.7. The van der Waals surface area contributed by atoms with Gasteiger partial charge in [-0.1, -0.05) is 65.2 Å². The van der Waals surface area contributed by atoms with Crippen molar-refractivity contribution in [1.82, 2.24) is 0 Å². The highest BCUT2D eigenvalue weighted by atomic mass is 16.5. The first kappa shape index (κ1) is 26.9. The van der Waals surface area contributed by atoms with Gasteiger partial charge in [0.25, 0.3) is 0 Å². The molecule has 0 spiro atoms. The smallest absolute Gasteiger partial charge is 0.309 e. The number of rotatable bonds is 17. The van der Waals surface area contributed by atoms with E-state index in [1.54, 1.807) is 0 Å². The third kappa shape index (κ3) is 14.0. The lowest BCUT2D eigenvalue weighted by Crippen LogP contribution is -2.27. The molecule has 0 rings (SSSR count). The van der Waals surface area contributed by atoms with Crippen molar-refractivity contribution < 1.29 is 19.1 Å². The Morgan fingerprint density at radius 2 is 1.18 bits per heavy atom. The predicted octanol–water partition coefficient (Wildman–Crippen LogP) is 6.84. The summed E-state index contributed by atoms with van der Waals surface area (Å²) in [5.41, 5.74) is 0. The minimum Gasteiger partial charge on any atom is -0.463 e. The largest absolute Gasteiger partial charge is 0.463 e. The standard InChI is InChI=1S/C24H46O4/c1-7-21(22(8-2)24(26)28-20(5)6)17-15-13-11-9-10-12-14-16-18-23(25)27-19(3)4/h19-22H,7-18H2,1-6H3. The fraction of sp³-hybridized carbons (Fsp3) is 0.917. The molecular formula is C24H46O4. The van der Waals surface area contributed by atoms with Gasteiger partial charge in [0.05, 0.1) is 18.1 Å². The van der Waals surface area contributed by atoms with E-state index >= 15 is 0 Å². The Labute approximate surface area is 174 Å². The second kappa shape index (κ2) is 16.9. The number of unbranched alkanes of at least 4 members (excludes halogenated alkanes) is 7. The van der Waals surface area contributed by atoms with Gasteiger partial charge in [0.1, 0.15) is 0 Å². The van der Waals surface area contributed by atoms with Crippen molar-refractivity contribution in [3.63, 3.8) is 0 Å². The lowest BCUT2D eigenvalue weighted by atomic mass is 9.84. The number of ether oxygens (including phenoxy) is 2. The average molecular weight is 399 g/mol. The first-order valence-corrected chi connectivity index (χ1v) is 11.7. The molecule has 0 fully saturated rings. The van der Waals surface area contributed by atoms with Crippen LogP contribution in [-0.2, 0) is 19.1 Å². The lowest BCUT2D eigenvalue weighted by Gasteiger charge is -2.24. The fourth-order valence-electron chi connectivity index (χ4n) is 3.76. The SMILES string of the molecule is CCC(CCCCCCCCCCC(=O)OC(C)C)C(CC)C(=O)OC(C)C. The van der Waals surface area contributed by atoms with Crippen LogP contribution in [0.1, 0.15) is 119 Å². The monoisotopic (exact) mass is 398 g/mol. The van der Waals surface area contributed by atoms with E-state index in [-0.39, 0.29) is 30.1 Å². The van der Waals surface area contributed by atoms with Crippen LogP contribution in [0.15, 0.2) is 0 Å². The summed E-state index contributed by atoms with van der Waals surface area (Å²) in [5, 5.41) is 0. The maximum atomic E-state index is 12.3. The van der Waals surface area contributed by atoms with Crippen LogP contribution in [0.2, 0.25) is 0 Å². The van der Waals surface area contributed by atoms with E-state index in [1.807, 2.05) is 27.7 Å². The Hall–Kier alpha value is -1.06. The number of carbonyl (C=O) groups is 2. The summed E-state index contributed by atoms with van der Waals surface area (Å²) >= 11 is 0. The molecule has 0 bridgehead atoms. The molecule has 2 unspecified atom stereocenters. The second-order valence-corrected chi connectivity index (χ2v) is 8.57. The van der Waals surface area contributed by atoms with Gasteiger partial charge < -0.3 is 9.47 Å². The summed E-state index contributed by atoms with van der Waals surface area (Å²) in [6.45, 7) is 11.9. The zero-order valence-corrected chi connectivity index (χ0v) is 19.4. The van der Waals surface area contributed by atoms with Crippen LogP contribution in [0.25, 0.3) is 0 Å². The fourth-order valence-corrected chi connectivity index (χ4v) is 3.76. The van der Waals surface area contributed by atoms with Crippen molar-refractivity contribution in [3.05, 3.63) is 0 Å². The molecule has 0 aliphatic rings. The van der Waals surface area contributed by atoms with E-state index < -0.39 is 0 Å². The summed E-state index contributed by atoms with van der Waals surface area (Å²) in [6.07, 6.45) is 13.0. The Morgan fingerprint density at radius 3 is 1.64 bits per heavy atom. The highest BCUT2D eigenvalue weighted by Gasteiger charge is 2.27. The highest BCUT2D eigenvalue weighted by Crippen LogP contribution is 2.27. The van der Waals surface area contributed by atoms with Gasteiger partial charge in [0.15, 0.2) is 0 Å². The van der Waals surface area contributed by atoms with Crippen LogP contribution in [-0.4, -0.2) is 24.1 Å². The Balaban J connectivity index is 3.77. The molecule has 4 nitrogen and oxygen atoms in total. The van der Waals surface area contributed by atoms with E-state index in [0.29, 0.717) is 12.3 Å². The summed E-state index contributed by atoms with van der Waals surface area (Å²) in [5.74, 6) is 0.418. The topological polar surface area (TPSA) is 52.6 Å². The molecule has 0 saturated carbocycles. The van der Waals surface area contributed by atoms with Crippen LogP contribution in [0.3, 0.4) is 0 Å². The highest BCUT2D eigenvalue weighted by molar-refractivity contribution is 5.72. The van der Waals surface area contributed by atoms with Gasteiger partial charge in [0, 0.05) is 6.42 Å². The first-order chi connectivity index (χ1) is 13.3. The van der Waals surface area contributed by atoms with Crippen LogP contribution in [0.5, 0.6) is 0 Å².